The van der Waals surface area contributed by atoms with Gasteiger partial charge >= 0.3 is 0 Å². The average molecular weight is 365 g/mol. The van der Waals surface area contributed by atoms with Crippen molar-refractivity contribution < 1.29 is 19.3 Å². The van der Waals surface area contributed by atoms with Crippen molar-refractivity contribution in [2.45, 2.75) is 25.4 Å². The molecule has 0 radical (unpaired) electrons. The summed E-state index contributed by atoms with van der Waals surface area (Å²) in [5, 5.41) is 14.8. The SMILES string of the molecule is Cc1ccc(N2C(=O)C[C@]3(CC(c4ccc([N+](=O)[O-])cc4)=NO3)C2=O)cc1. The van der Waals surface area contributed by atoms with Gasteiger partial charge in [0.15, 0.2) is 0 Å². The summed E-state index contributed by atoms with van der Waals surface area (Å²) in [7, 11) is 0. The molecule has 2 aromatic carbocycles. The number of imide groups is 1. The van der Waals surface area contributed by atoms with Crippen LogP contribution >= 0.6 is 0 Å². The van der Waals surface area contributed by atoms with Gasteiger partial charge in [0, 0.05) is 18.6 Å². The molecule has 1 fully saturated rings. The van der Waals surface area contributed by atoms with Crippen LogP contribution in [0.1, 0.15) is 24.0 Å². The van der Waals surface area contributed by atoms with Gasteiger partial charge in [0.2, 0.25) is 11.5 Å². The predicted octanol–water partition coefficient (Wildman–Crippen LogP) is 2.73. The zero-order valence-electron chi connectivity index (χ0n) is 14.4. The van der Waals surface area contributed by atoms with Gasteiger partial charge in [-0.05, 0) is 36.8 Å². The molecular formula is C19H15N3O5. The Morgan fingerprint density at radius 3 is 2.37 bits per heavy atom. The zero-order chi connectivity index (χ0) is 19.2. The van der Waals surface area contributed by atoms with Crippen LogP contribution in [0.3, 0.4) is 0 Å². The van der Waals surface area contributed by atoms with Crippen molar-refractivity contribution in [3.63, 3.8) is 0 Å². The fourth-order valence-electron chi connectivity index (χ4n) is 3.29. The normalized spacial score (nSPS) is 21.5. The average Bonchev–Trinajstić information content (AvgIpc) is 3.18. The first-order chi connectivity index (χ1) is 12.9. The number of benzene rings is 2. The summed E-state index contributed by atoms with van der Waals surface area (Å²) in [6, 6.07) is 12.9. The zero-order valence-corrected chi connectivity index (χ0v) is 14.4. The molecule has 4 rings (SSSR count). The highest BCUT2D eigenvalue weighted by Crippen LogP contribution is 2.39. The van der Waals surface area contributed by atoms with Gasteiger partial charge in [0.05, 0.1) is 22.7 Å². The number of nitro groups is 1. The van der Waals surface area contributed by atoms with Crippen molar-refractivity contribution in [3.8, 4) is 0 Å². The van der Waals surface area contributed by atoms with Crippen LogP contribution in [0, 0.1) is 17.0 Å². The molecule has 1 saturated heterocycles. The second-order valence-electron chi connectivity index (χ2n) is 6.65. The molecule has 2 aliphatic heterocycles. The summed E-state index contributed by atoms with van der Waals surface area (Å²) in [6.07, 6.45) is 0.0391. The first-order valence-electron chi connectivity index (χ1n) is 8.34. The number of amides is 2. The molecule has 2 amide bonds. The van der Waals surface area contributed by atoms with E-state index in [2.05, 4.69) is 5.16 Å². The number of rotatable bonds is 3. The Morgan fingerprint density at radius 2 is 1.74 bits per heavy atom. The number of non-ortho nitro benzene ring substituents is 1. The van der Waals surface area contributed by atoms with E-state index >= 15 is 0 Å². The van der Waals surface area contributed by atoms with E-state index in [4.69, 9.17) is 4.84 Å². The lowest BCUT2D eigenvalue weighted by atomic mass is 9.92. The van der Waals surface area contributed by atoms with Crippen LogP contribution in [-0.4, -0.2) is 28.1 Å². The standard InChI is InChI=1S/C19H15N3O5/c1-12-2-6-14(7-3-12)21-17(23)11-19(18(21)24)10-16(20-27-19)13-4-8-15(9-5-13)22(25)26/h2-9H,10-11H2,1H3/t19-/m1/s1. The van der Waals surface area contributed by atoms with Crippen LogP contribution in [0.15, 0.2) is 53.7 Å². The van der Waals surface area contributed by atoms with Gasteiger partial charge < -0.3 is 4.84 Å². The maximum Gasteiger partial charge on any atom is 0.281 e. The summed E-state index contributed by atoms with van der Waals surface area (Å²) in [5.74, 6) is -0.791. The number of nitro benzene ring substituents is 1. The Bertz CT molecular complexity index is 981. The minimum Gasteiger partial charge on any atom is -0.378 e. The van der Waals surface area contributed by atoms with Gasteiger partial charge in [-0.15, -0.1) is 0 Å². The van der Waals surface area contributed by atoms with E-state index in [9.17, 15) is 19.7 Å². The fraction of sp³-hybridized carbons (Fsp3) is 0.211. The summed E-state index contributed by atoms with van der Waals surface area (Å²) in [4.78, 5) is 42.3. The molecule has 136 valence electrons. The molecule has 8 nitrogen and oxygen atoms in total. The van der Waals surface area contributed by atoms with E-state index in [0.717, 1.165) is 10.5 Å². The summed E-state index contributed by atoms with van der Waals surface area (Å²) in [6.45, 7) is 1.92. The molecule has 2 aliphatic rings. The van der Waals surface area contributed by atoms with Crippen molar-refractivity contribution in [1.82, 2.24) is 0 Å². The van der Waals surface area contributed by atoms with Crippen molar-refractivity contribution in [2.75, 3.05) is 4.90 Å². The van der Waals surface area contributed by atoms with E-state index in [-0.39, 0.29) is 24.4 Å². The van der Waals surface area contributed by atoms with Crippen molar-refractivity contribution in [3.05, 3.63) is 69.8 Å². The molecule has 27 heavy (non-hydrogen) atoms. The van der Waals surface area contributed by atoms with E-state index in [1.54, 1.807) is 24.3 Å². The third kappa shape index (κ3) is 2.75. The van der Waals surface area contributed by atoms with Gasteiger partial charge in [-0.3, -0.25) is 19.7 Å². The monoisotopic (exact) mass is 365 g/mol. The Hall–Kier alpha value is -3.55. The number of aryl methyl sites for hydroxylation is 1. The van der Waals surface area contributed by atoms with Gasteiger partial charge in [0.25, 0.3) is 11.6 Å². The Labute approximate surface area is 154 Å². The summed E-state index contributed by atoms with van der Waals surface area (Å²) < 4.78 is 0. The van der Waals surface area contributed by atoms with Gasteiger partial charge in [-0.1, -0.05) is 22.9 Å². The second kappa shape index (κ2) is 6.01. The number of hydrogen-bond donors (Lipinski definition) is 0. The van der Waals surface area contributed by atoms with Crippen molar-refractivity contribution in [2.24, 2.45) is 5.16 Å². The van der Waals surface area contributed by atoms with Crippen LogP contribution in [0.5, 0.6) is 0 Å². The van der Waals surface area contributed by atoms with Crippen LogP contribution in [0.4, 0.5) is 11.4 Å². The summed E-state index contributed by atoms with van der Waals surface area (Å²) in [5.41, 5.74) is 1.24. The molecule has 0 N–H and O–H groups in total. The lowest BCUT2D eigenvalue weighted by Crippen LogP contribution is -2.40. The number of carbonyl (C=O) groups excluding carboxylic acids is 2. The van der Waals surface area contributed by atoms with E-state index in [1.807, 2.05) is 19.1 Å². The minimum atomic E-state index is -1.35. The lowest BCUT2D eigenvalue weighted by Gasteiger charge is -2.19. The smallest absolute Gasteiger partial charge is 0.281 e. The number of nitrogens with zero attached hydrogens (tertiary/aromatic N) is 3. The molecule has 1 spiro atoms. The molecule has 2 heterocycles. The Kier molecular flexibility index (Phi) is 3.76. The quantitative estimate of drug-likeness (QED) is 0.473. The summed E-state index contributed by atoms with van der Waals surface area (Å²) >= 11 is 0. The highest BCUT2D eigenvalue weighted by atomic mass is 16.7. The fourth-order valence-corrected chi connectivity index (χ4v) is 3.29. The van der Waals surface area contributed by atoms with Crippen LogP contribution in [0.25, 0.3) is 0 Å². The molecule has 0 aliphatic carbocycles. The molecule has 0 aromatic heterocycles. The Morgan fingerprint density at radius 1 is 1.07 bits per heavy atom. The van der Waals surface area contributed by atoms with Gasteiger partial charge in [-0.25, -0.2) is 4.90 Å². The van der Waals surface area contributed by atoms with E-state index in [1.165, 1.54) is 12.1 Å². The first kappa shape index (κ1) is 16.9. The first-order valence-corrected chi connectivity index (χ1v) is 8.34. The molecule has 0 bridgehead atoms. The minimum absolute atomic E-state index is 0.0364. The lowest BCUT2D eigenvalue weighted by molar-refractivity contribution is -0.384. The molecule has 0 unspecified atom stereocenters. The topological polar surface area (TPSA) is 102 Å². The third-order valence-corrected chi connectivity index (χ3v) is 4.77. The highest BCUT2D eigenvalue weighted by Gasteiger charge is 2.58. The molecule has 8 heteroatoms. The molecular weight excluding hydrogens is 350 g/mol. The predicted molar refractivity (Wildman–Crippen MR) is 96.4 cm³/mol. The number of anilines is 1. The van der Waals surface area contributed by atoms with E-state index < -0.39 is 16.4 Å². The van der Waals surface area contributed by atoms with Crippen molar-refractivity contribution >= 4 is 28.9 Å². The van der Waals surface area contributed by atoms with Crippen LogP contribution in [0.2, 0.25) is 0 Å². The maximum atomic E-state index is 13.0. The molecule has 1 atom stereocenters. The number of carbonyl (C=O) groups is 2. The second-order valence-corrected chi connectivity index (χ2v) is 6.65. The number of oxime groups is 1. The number of hydrogen-bond acceptors (Lipinski definition) is 6. The molecule has 2 aromatic rings. The van der Waals surface area contributed by atoms with Gasteiger partial charge in [0.1, 0.15) is 0 Å². The largest absolute Gasteiger partial charge is 0.378 e. The van der Waals surface area contributed by atoms with Crippen molar-refractivity contribution in [1.29, 1.82) is 0 Å². The molecule has 0 saturated carbocycles. The maximum absolute atomic E-state index is 13.0. The highest BCUT2D eigenvalue weighted by molar-refractivity contribution is 6.25. The Balaban J connectivity index is 1.57. The van der Waals surface area contributed by atoms with Crippen LogP contribution in [-0.2, 0) is 14.4 Å². The van der Waals surface area contributed by atoms with Crippen LogP contribution < -0.4 is 4.90 Å². The van der Waals surface area contributed by atoms with E-state index in [0.29, 0.717) is 17.0 Å². The third-order valence-electron chi connectivity index (χ3n) is 4.77. The van der Waals surface area contributed by atoms with Gasteiger partial charge in [-0.2, -0.15) is 0 Å².